The van der Waals surface area contributed by atoms with Crippen LogP contribution in [0, 0.1) is 34.9 Å². The zero-order valence-corrected chi connectivity index (χ0v) is 24.0. The number of methoxy groups -OCH3 is 1. The van der Waals surface area contributed by atoms with E-state index in [0.717, 1.165) is 15.9 Å². The van der Waals surface area contributed by atoms with Gasteiger partial charge in [-0.2, -0.15) is 0 Å². The lowest BCUT2D eigenvalue weighted by Crippen LogP contribution is -2.49. The maximum Gasteiger partial charge on any atom is 0.305 e. The Morgan fingerprint density at radius 3 is 2.53 bits per heavy atom. The molecule has 10 nitrogen and oxygen atoms in total. The Hall–Kier alpha value is -4.25. The standard InChI is InChI=1S/C31H28ClFN2O8/c1-31-19(28(40)35(30(31)42)14-6-9-21(33)20(32)12-14)13-18-15(25(31)17-4-3-5-22(43-2)26(17)38)7-8-16-24(18)29(41)34(27(16)39)11-10-23(36)37/h3-7,9,12,16,18-19,24-25,38H,8,10-11,13H2,1-2H3,(H,36,37)/t16-,18+,19-,24-,25+,31+/m0/s1. The number of allylic oxidation sites excluding steroid dienone is 2. The minimum absolute atomic E-state index is 0.0620. The van der Waals surface area contributed by atoms with E-state index in [0.29, 0.717) is 11.1 Å². The van der Waals surface area contributed by atoms with Crippen LogP contribution < -0.4 is 9.64 Å². The van der Waals surface area contributed by atoms with Crippen LogP contribution in [0.25, 0.3) is 0 Å². The van der Waals surface area contributed by atoms with Crippen molar-refractivity contribution in [2.24, 2.45) is 29.1 Å². The van der Waals surface area contributed by atoms with Crippen molar-refractivity contribution in [1.29, 1.82) is 0 Å². The molecule has 2 N–H and O–H groups in total. The molecule has 2 heterocycles. The Bertz CT molecular complexity index is 1640. The highest BCUT2D eigenvalue weighted by Gasteiger charge is 2.68. The summed E-state index contributed by atoms with van der Waals surface area (Å²) in [4.78, 5) is 68.7. The highest BCUT2D eigenvalue weighted by molar-refractivity contribution is 6.31. The maximum absolute atomic E-state index is 14.4. The van der Waals surface area contributed by atoms with Gasteiger partial charge in [-0.15, -0.1) is 0 Å². The van der Waals surface area contributed by atoms with Crippen LogP contribution in [0.5, 0.6) is 11.5 Å². The number of rotatable bonds is 6. The second-order valence-corrected chi connectivity index (χ2v) is 12.0. The Labute approximate surface area is 250 Å². The van der Waals surface area contributed by atoms with Crippen molar-refractivity contribution < 1.29 is 43.3 Å². The zero-order chi connectivity index (χ0) is 31.0. The van der Waals surface area contributed by atoms with Crippen molar-refractivity contribution in [3.63, 3.8) is 0 Å². The average Bonchev–Trinajstić information content (AvgIpc) is 3.33. The van der Waals surface area contributed by atoms with Gasteiger partial charge in [0.2, 0.25) is 23.6 Å². The largest absolute Gasteiger partial charge is 0.504 e. The number of likely N-dealkylation sites (tertiary alicyclic amines) is 1. The lowest BCUT2D eigenvalue weighted by Gasteiger charge is -2.49. The highest BCUT2D eigenvalue weighted by Crippen LogP contribution is 2.64. The topological polar surface area (TPSA) is 142 Å². The van der Waals surface area contributed by atoms with Gasteiger partial charge in [0.25, 0.3) is 0 Å². The minimum Gasteiger partial charge on any atom is -0.504 e. The van der Waals surface area contributed by atoms with Crippen molar-refractivity contribution in [2.45, 2.75) is 32.1 Å². The minimum atomic E-state index is -1.44. The molecule has 12 heteroatoms. The number of para-hydroxylation sites is 1. The number of aliphatic carboxylic acids is 1. The number of carboxylic acid groups (broad SMARTS) is 1. The summed E-state index contributed by atoms with van der Waals surface area (Å²) in [6, 6.07) is 8.40. The number of hydrogen-bond acceptors (Lipinski definition) is 7. The lowest BCUT2D eigenvalue weighted by molar-refractivity contribution is -0.142. The van der Waals surface area contributed by atoms with Crippen molar-refractivity contribution in [1.82, 2.24) is 4.90 Å². The fraction of sp³-hybridized carbons (Fsp3) is 0.387. The number of fused-ring (bicyclic) bond motifs is 4. The second kappa shape index (κ2) is 10.2. The molecule has 0 radical (unpaired) electrons. The third-order valence-corrected chi connectivity index (χ3v) is 9.93. The first-order chi connectivity index (χ1) is 20.4. The Morgan fingerprint density at radius 1 is 1.12 bits per heavy atom. The van der Waals surface area contributed by atoms with E-state index in [1.165, 1.54) is 19.2 Å². The molecule has 1 saturated carbocycles. The average molecular weight is 611 g/mol. The summed E-state index contributed by atoms with van der Waals surface area (Å²) in [6.07, 6.45) is 1.65. The van der Waals surface area contributed by atoms with E-state index in [-0.39, 0.29) is 41.6 Å². The number of hydrogen-bond donors (Lipinski definition) is 2. The molecular formula is C31H28ClFN2O8. The molecule has 2 aromatic carbocycles. The molecular weight excluding hydrogens is 583 g/mol. The molecule has 2 aromatic rings. The van der Waals surface area contributed by atoms with Gasteiger partial charge in [-0.1, -0.05) is 35.4 Å². The fourth-order valence-electron chi connectivity index (χ4n) is 7.66. The Kier molecular flexibility index (Phi) is 6.83. The molecule has 2 saturated heterocycles. The van der Waals surface area contributed by atoms with Crippen LogP contribution in [0.3, 0.4) is 0 Å². The van der Waals surface area contributed by atoms with Crippen molar-refractivity contribution in [3.8, 4) is 11.5 Å². The number of halogens is 2. The number of carboxylic acids is 1. The quantitative estimate of drug-likeness (QED) is 0.371. The summed E-state index contributed by atoms with van der Waals surface area (Å²) in [7, 11) is 1.39. The van der Waals surface area contributed by atoms with Crippen LogP contribution in [-0.2, 0) is 24.0 Å². The van der Waals surface area contributed by atoms with Gasteiger partial charge in [0.1, 0.15) is 5.82 Å². The van der Waals surface area contributed by atoms with Gasteiger partial charge >= 0.3 is 5.97 Å². The van der Waals surface area contributed by atoms with Gasteiger partial charge in [0.15, 0.2) is 11.5 Å². The van der Waals surface area contributed by atoms with Crippen LogP contribution in [0.2, 0.25) is 5.02 Å². The van der Waals surface area contributed by atoms with E-state index in [4.69, 9.17) is 21.4 Å². The Balaban J connectivity index is 1.50. The molecule has 4 amide bonds. The van der Waals surface area contributed by atoms with E-state index in [1.807, 2.05) is 6.08 Å². The fourth-order valence-corrected chi connectivity index (χ4v) is 7.83. The second-order valence-electron chi connectivity index (χ2n) is 11.6. The van der Waals surface area contributed by atoms with E-state index in [2.05, 4.69) is 0 Å². The summed E-state index contributed by atoms with van der Waals surface area (Å²) in [5.41, 5.74) is -0.385. The van der Waals surface area contributed by atoms with Crippen LogP contribution in [0.4, 0.5) is 10.1 Å². The van der Waals surface area contributed by atoms with Crippen LogP contribution in [0.1, 0.15) is 37.7 Å². The number of anilines is 1. The first kappa shape index (κ1) is 28.9. The highest BCUT2D eigenvalue weighted by atomic mass is 35.5. The number of carbonyl (C=O) groups is 5. The van der Waals surface area contributed by atoms with Gasteiger partial charge in [0.05, 0.1) is 47.4 Å². The molecule has 2 aliphatic carbocycles. The summed E-state index contributed by atoms with van der Waals surface area (Å²) in [5.74, 6) is -8.16. The summed E-state index contributed by atoms with van der Waals surface area (Å²) in [5, 5.41) is 20.2. The summed E-state index contributed by atoms with van der Waals surface area (Å²) in [6.45, 7) is 1.39. The van der Waals surface area contributed by atoms with Crippen molar-refractivity contribution in [3.05, 3.63) is 64.5 Å². The van der Waals surface area contributed by atoms with Gasteiger partial charge in [0, 0.05) is 18.0 Å². The summed E-state index contributed by atoms with van der Waals surface area (Å²) >= 11 is 6.01. The molecule has 224 valence electrons. The van der Waals surface area contributed by atoms with Crippen LogP contribution >= 0.6 is 11.6 Å². The van der Waals surface area contributed by atoms with Crippen molar-refractivity contribution >= 4 is 46.9 Å². The van der Waals surface area contributed by atoms with Gasteiger partial charge in [-0.05, 0) is 49.9 Å². The number of ether oxygens (including phenoxy) is 1. The maximum atomic E-state index is 14.4. The number of nitrogens with zero attached hydrogens (tertiary/aromatic N) is 2. The first-order valence-electron chi connectivity index (χ1n) is 13.9. The molecule has 2 aliphatic heterocycles. The number of phenolic OH excluding ortho intramolecular Hbond substituents is 1. The SMILES string of the molecule is COc1cccc([C@H]2C3=CC[C@@H]4C(=O)N(CCC(=O)O)C(=O)[C@@H]4[C@@H]3C[C@H]3C(=O)N(c4ccc(F)c(Cl)c4)C(=O)[C@@]23C)c1O. The molecule has 6 rings (SSSR count). The number of imide groups is 2. The van der Waals surface area contributed by atoms with Crippen molar-refractivity contribution in [2.75, 3.05) is 18.6 Å². The zero-order valence-electron chi connectivity index (χ0n) is 23.3. The molecule has 4 aliphatic rings. The Morgan fingerprint density at radius 2 is 1.86 bits per heavy atom. The van der Waals surface area contributed by atoms with Gasteiger partial charge in [-0.3, -0.25) is 28.9 Å². The van der Waals surface area contributed by atoms with E-state index >= 15 is 0 Å². The van der Waals surface area contributed by atoms with E-state index in [9.17, 15) is 33.5 Å². The predicted octanol–water partition coefficient (Wildman–Crippen LogP) is 3.90. The smallest absolute Gasteiger partial charge is 0.305 e. The molecule has 43 heavy (non-hydrogen) atoms. The monoisotopic (exact) mass is 610 g/mol. The van der Waals surface area contributed by atoms with E-state index in [1.54, 1.807) is 25.1 Å². The van der Waals surface area contributed by atoms with Crippen LogP contribution in [-0.4, -0.2) is 58.4 Å². The normalized spacial score (nSPS) is 29.8. The molecule has 3 fully saturated rings. The molecule has 0 spiro atoms. The number of benzene rings is 2. The lowest BCUT2D eigenvalue weighted by atomic mass is 9.51. The summed E-state index contributed by atoms with van der Waals surface area (Å²) < 4.78 is 19.4. The third-order valence-electron chi connectivity index (χ3n) is 9.64. The molecule has 6 atom stereocenters. The third kappa shape index (κ3) is 4.08. The molecule has 0 aromatic heterocycles. The van der Waals surface area contributed by atoms with Gasteiger partial charge < -0.3 is 14.9 Å². The van der Waals surface area contributed by atoms with Crippen LogP contribution in [0.15, 0.2) is 48.0 Å². The predicted molar refractivity (Wildman–Crippen MR) is 150 cm³/mol. The molecule has 0 unspecified atom stereocenters. The van der Waals surface area contributed by atoms with E-state index < -0.39 is 76.8 Å². The van der Waals surface area contributed by atoms with Gasteiger partial charge in [-0.25, -0.2) is 9.29 Å². The number of amides is 4. The molecule has 0 bridgehead atoms. The number of aromatic hydroxyl groups is 1. The first-order valence-corrected chi connectivity index (χ1v) is 14.3. The number of carbonyl (C=O) groups excluding carboxylic acids is 4. The number of phenols is 1.